The van der Waals surface area contributed by atoms with Gasteiger partial charge in [-0.3, -0.25) is 0 Å². The van der Waals surface area contributed by atoms with E-state index >= 15 is 0 Å². The maximum Gasteiger partial charge on any atom is 0.0354 e. The number of nitrogens with zero attached hydrogens (tertiary/aromatic N) is 1. The first-order valence-electron chi connectivity index (χ1n) is 8.99. The minimum absolute atomic E-state index is 0.260. The van der Waals surface area contributed by atoms with Crippen LogP contribution in [-0.2, 0) is 0 Å². The maximum absolute atomic E-state index is 6.76. The minimum Gasteiger partial charge on any atom is -0.326 e. The Kier molecular flexibility index (Phi) is 8.13. The van der Waals surface area contributed by atoms with E-state index in [1.807, 2.05) is 0 Å². The van der Waals surface area contributed by atoms with Crippen molar-refractivity contribution in [3.8, 4) is 0 Å². The van der Waals surface area contributed by atoms with E-state index in [1.165, 1.54) is 70.6 Å². The summed E-state index contributed by atoms with van der Waals surface area (Å²) >= 11 is 0. The molecule has 0 aromatic carbocycles. The van der Waals surface area contributed by atoms with Crippen LogP contribution in [0.15, 0.2) is 0 Å². The summed E-state index contributed by atoms with van der Waals surface area (Å²) in [5.41, 5.74) is 7.02. The maximum atomic E-state index is 6.76. The molecule has 1 rings (SSSR count). The molecule has 0 heterocycles. The SMILES string of the molecule is CCCCC(CC)CC(N)C1(N(C)C)CCCCCC1. The molecule has 120 valence electrons. The Hall–Kier alpha value is -0.0800. The molecule has 0 aliphatic heterocycles. The van der Waals surface area contributed by atoms with Gasteiger partial charge in [0.05, 0.1) is 0 Å². The highest BCUT2D eigenvalue weighted by Gasteiger charge is 2.39. The van der Waals surface area contributed by atoms with Gasteiger partial charge in [-0.15, -0.1) is 0 Å². The predicted octanol–water partition coefficient (Wildman–Crippen LogP) is 4.57. The monoisotopic (exact) mass is 282 g/mol. The fraction of sp³-hybridized carbons (Fsp3) is 1.00. The number of likely N-dealkylation sites (N-methyl/N-ethyl adjacent to an activating group) is 1. The van der Waals surface area contributed by atoms with Crippen molar-refractivity contribution in [2.75, 3.05) is 14.1 Å². The molecule has 0 amide bonds. The molecule has 0 spiro atoms. The van der Waals surface area contributed by atoms with Gasteiger partial charge < -0.3 is 10.6 Å². The lowest BCUT2D eigenvalue weighted by Crippen LogP contribution is -2.57. The van der Waals surface area contributed by atoms with Crippen molar-refractivity contribution in [1.29, 1.82) is 0 Å². The molecule has 20 heavy (non-hydrogen) atoms. The Morgan fingerprint density at radius 2 is 1.65 bits per heavy atom. The van der Waals surface area contributed by atoms with Crippen molar-refractivity contribution < 1.29 is 0 Å². The van der Waals surface area contributed by atoms with Gasteiger partial charge in [0.1, 0.15) is 0 Å². The van der Waals surface area contributed by atoms with E-state index in [4.69, 9.17) is 5.73 Å². The van der Waals surface area contributed by atoms with E-state index < -0.39 is 0 Å². The zero-order valence-electron chi connectivity index (χ0n) is 14.5. The second-order valence-electron chi connectivity index (χ2n) is 7.17. The van der Waals surface area contributed by atoms with E-state index in [1.54, 1.807) is 0 Å². The van der Waals surface area contributed by atoms with Gasteiger partial charge >= 0.3 is 0 Å². The van der Waals surface area contributed by atoms with Crippen LogP contribution in [0.1, 0.15) is 84.5 Å². The van der Waals surface area contributed by atoms with Gasteiger partial charge in [-0.1, -0.05) is 65.2 Å². The van der Waals surface area contributed by atoms with Gasteiger partial charge in [-0.25, -0.2) is 0 Å². The van der Waals surface area contributed by atoms with Crippen molar-refractivity contribution in [2.24, 2.45) is 11.7 Å². The van der Waals surface area contributed by atoms with Gasteiger partial charge in [-0.05, 0) is 39.3 Å². The summed E-state index contributed by atoms with van der Waals surface area (Å²) < 4.78 is 0. The topological polar surface area (TPSA) is 29.3 Å². The largest absolute Gasteiger partial charge is 0.326 e. The number of hydrogen-bond donors (Lipinski definition) is 1. The molecule has 0 bridgehead atoms. The summed E-state index contributed by atoms with van der Waals surface area (Å²) in [5.74, 6) is 0.824. The van der Waals surface area contributed by atoms with Crippen LogP contribution >= 0.6 is 0 Å². The Morgan fingerprint density at radius 1 is 1.05 bits per heavy atom. The Bertz CT molecular complexity index is 242. The third-order valence-corrected chi connectivity index (χ3v) is 5.68. The number of unbranched alkanes of at least 4 members (excludes halogenated alkanes) is 1. The molecule has 1 aliphatic rings. The van der Waals surface area contributed by atoms with Gasteiger partial charge in [-0.2, -0.15) is 0 Å². The average molecular weight is 283 g/mol. The summed E-state index contributed by atoms with van der Waals surface area (Å²) in [6.07, 6.45) is 14.7. The summed E-state index contributed by atoms with van der Waals surface area (Å²) in [5, 5.41) is 0. The highest BCUT2D eigenvalue weighted by atomic mass is 15.2. The summed E-state index contributed by atoms with van der Waals surface area (Å²) in [6, 6.07) is 0.345. The zero-order chi connectivity index (χ0) is 15.0. The third-order valence-electron chi connectivity index (χ3n) is 5.68. The van der Waals surface area contributed by atoms with Crippen LogP contribution < -0.4 is 5.73 Å². The van der Waals surface area contributed by atoms with Crippen LogP contribution in [0, 0.1) is 5.92 Å². The van der Waals surface area contributed by atoms with Crippen LogP contribution in [-0.4, -0.2) is 30.6 Å². The number of nitrogens with two attached hydrogens (primary N) is 1. The van der Waals surface area contributed by atoms with Gasteiger partial charge in [0.15, 0.2) is 0 Å². The molecule has 2 nitrogen and oxygen atoms in total. The first-order valence-corrected chi connectivity index (χ1v) is 8.99. The lowest BCUT2D eigenvalue weighted by molar-refractivity contribution is 0.0843. The molecule has 1 aliphatic carbocycles. The normalized spacial score (nSPS) is 22.5. The van der Waals surface area contributed by atoms with E-state index in [0.717, 1.165) is 5.92 Å². The second kappa shape index (κ2) is 9.04. The van der Waals surface area contributed by atoms with E-state index in [2.05, 4.69) is 32.8 Å². The Balaban J connectivity index is 2.69. The molecular formula is C18H38N2. The standard InChI is InChI=1S/C18H38N2/c1-5-7-12-16(6-2)15-17(19)18(20(3)4)13-10-8-9-11-14-18/h16-17H,5-15,19H2,1-4H3. The summed E-state index contributed by atoms with van der Waals surface area (Å²) in [4.78, 5) is 2.45. The number of rotatable bonds is 8. The molecule has 1 saturated carbocycles. The van der Waals surface area contributed by atoms with Crippen LogP contribution in [0.3, 0.4) is 0 Å². The molecule has 0 aromatic heterocycles. The fourth-order valence-electron chi connectivity index (χ4n) is 4.05. The Morgan fingerprint density at radius 3 is 2.10 bits per heavy atom. The third kappa shape index (κ3) is 4.73. The smallest absolute Gasteiger partial charge is 0.0354 e. The fourth-order valence-corrected chi connectivity index (χ4v) is 4.05. The molecule has 2 atom stereocenters. The van der Waals surface area contributed by atoms with E-state index in [-0.39, 0.29) is 5.54 Å². The molecule has 2 N–H and O–H groups in total. The van der Waals surface area contributed by atoms with Crippen LogP contribution in [0.4, 0.5) is 0 Å². The van der Waals surface area contributed by atoms with Crippen LogP contribution in [0.25, 0.3) is 0 Å². The Labute approximate surface area is 127 Å². The molecule has 2 heteroatoms. The van der Waals surface area contributed by atoms with Gasteiger partial charge in [0.2, 0.25) is 0 Å². The van der Waals surface area contributed by atoms with Crippen molar-refractivity contribution in [3.05, 3.63) is 0 Å². The highest BCUT2D eigenvalue weighted by Crippen LogP contribution is 2.36. The molecule has 0 radical (unpaired) electrons. The molecule has 0 saturated heterocycles. The minimum atomic E-state index is 0.260. The highest BCUT2D eigenvalue weighted by molar-refractivity contribution is 4.98. The van der Waals surface area contributed by atoms with Crippen LogP contribution in [0.5, 0.6) is 0 Å². The second-order valence-corrected chi connectivity index (χ2v) is 7.17. The number of hydrogen-bond acceptors (Lipinski definition) is 2. The van der Waals surface area contributed by atoms with E-state index in [0.29, 0.717) is 6.04 Å². The van der Waals surface area contributed by atoms with Crippen LogP contribution in [0.2, 0.25) is 0 Å². The lowest BCUT2D eigenvalue weighted by atomic mass is 9.76. The lowest BCUT2D eigenvalue weighted by Gasteiger charge is -2.45. The summed E-state index contributed by atoms with van der Waals surface area (Å²) in [7, 11) is 4.50. The molecule has 0 aromatic rings. The predicted molar refractivity (Wildman–Crippen MR) is 90.0 cm³/mol. The van der Waals surface area contributed by atoms with Crippen molar-refractivity contribution in [1.82, 2.24) is 4.90 Å². The molecular weight excluding hydrogens is 244 g/mol. The summed E-state index contributed by atoms with van der Waals surface area (Å²) in [6.45, 7) is 4.63. The van der Waals surface area contributed by atoms with Crippen molar-refractivity contribution in [2.45, 2.75) is 96.1 Å². The zero-order valence-corrected chi connectivity index (χ0v) is 14.5. The van der Waals surface area contributed by atoms with E-state index in [9.17, 15) is 0 Å². The van der Waals surface area contributed by atoms with Gasteiger partial charge in [0, 0.05) is 11.6 Å². The van der Waals surface area contributed by atoms with Crippen molar-refractivity contribution in [3.63, 3.8) is 0 Å². The average Bonchev–Trinajstić information content (AvgIpc) is 2.69. The first-order chi connectivity index (χ1) is 9.56. The molecule has 1 fully saturated rings. The molecule has 2 unspecified atom stereocenters. The quantitative estimate of drug-likeness (QED) is 0.661. The first kappa shape index (κ1) is 18.0. The van der Waals surface area contributed by atoms with Crippen molar-refractivity contribution >= 4 is 0 Å². The van der Waals surface area contributed by atoms with Gasteiger partial charge in [0.25, 0.3) is 0 Å².